The number of carbonyl (C=O) groups is 2. The third kappa shape index (κ3) is 5.22. The zero-order valence-corrected chi connectivity index (χ0v) is 17.1. The van der Waals surface area contributed by atoms with Crippen molar-refractivity contribution in [1.82, 2.24) is 4.98 Å². The molecule has 148 valence electrons. The summed E-state index contributed by atoms with van der Waals surface area (Å²) in [5, 5.41) is 6.30. The van der Waals surface area contributed by atoms with Gasteiger partial charge in [-0.1, -0.05) is 23.2 Å². The lowest BCUT2D eigenvalue weighted by molar-refractivity contribution is -0.127. The molecule has 1 aliphatic rings. The summed E-state index contributed by atoms with van der Waals surface area (Å²) in [6, 6.07) is 7.94. The minimum Gasteiger partial charge on any atom is -0.376 e. The van der Waals surface area contributed by atoms with Crippen molar-refractivity contribution in [3.63, 3.8) is 0 Å². The van der Waals surface area contributed by atoms with Crippen LogP contribution in [-0.2, 0) is 9.53 Å². The molecule has 3 rings (SSSR count). The van der Waals surface area contributed by atoms with Crippen LogP contribution >= 0.6 is 23.2 Å². The Bertz CT molecular complexity index is 881. The number of amides is 2. The first-order chi connectivity index (χ1) is 13.3. The number of benzene rings is 1. The number of anilines is 2. The molecule has 2 amide bonds. The van der Waals surface area contributed by atoms with Crippen LogP contribution in [0.3, 0.4) is 0 Å². The topological polar surface area (TPSA) is 80.3 Å². The van der Waals surface area contributed by atoms with E-state index in [1.54, 1.807) is 24.3 Å². The number of carbonyl (C=O) groups excluding carboxylic acids is 2. The van der Waals surface area contributed by atoms with E-state index in [4.69, 9.17) is 27.9 Å². The van der Waals surface area contributed by atoms with Gasteiger partial charge in [-0.25, -0.2) is 4.98 Å². The summed E-state index contributed by atoms with van der Waals surface area (Å²) in [6.45, 7) is 3.92. The highest BCUT2D eigenvalue weighted by atomic mass is 35.5. The van der Waals surface area contributed by atoms with Gasteiger partial charge < -0.3 is 15.4 Å². The van der Waals surface area contributed by atoms with Crippen LogP contribution in [0.1, 0.15) is 37.0 Å². The summed E-state index contributed by atoms with van der Waals surface area (Å²) in [5.74, 6) is -0.269. The van der Waals surface area contributed by atoms with Crippen molar-refractivity contribution in [1.29, 1.82) is 0 Å². The number of ether oxygens (including phenoxy) is 1. The summed E-state index contributed by atoms with van der Waals surface area (Å²) >= 11 is 11.9. The molecule has 0 saturated carbocycles. The molecule has 1 unspecified atom stereocenters. The first kappa shape index (κ1) is 20.6. The van der Waals surface area contributed by atoms with Crippen LogP contribution in [0.25, 0.3) is 0 Å². The van der Waals surface area contributed by atoms with Gasteiger partial charge in [-0.15, -0.1) is 0 Å². The van der Waals surface area contributed by atoms with Gasteiger partial charge >= 0.3 is 0 Å². The van der Waals surface area contributed by atoms with E-state index >= 15 is 0 Å². The first-order valence-corrected chi connectivity index (χ1v) is 9.76. The molecule has 1 fully saturated rings. The normalized spacial score (nSPS) is 21.8. The lowest BCUT2D eigenvalue weighted by atomic mass is 9.92. The molecule has 2 N–H and O–H groups in total. The Morgan fingerprint density at radius 1 is 1.04 bits per heavy atom. The second-order valence-electron chi connectivity index (χ2n) is 6.93. The molecule has 0 aliphatic carbocycles. The lowest BCUT2D eigenvalue weighted by Gasteiger charge is -2.31. The summed E-state index contributed by atoms with van der Waals surface area (Å²) in [5.41, 5.74) is 0.886. The van der Waals surface area contributed by atoms with Crippen LogP contribution in [0, 0.1) is 5.92 Å². The van der Waals surface area contributed by atoms with Gasteiger partial charge in [0.25, 0.3) is 5.91 Å². The second kappa shape index (κ2) is 8.90. The molecular weight excluding hydrogens is 401 g/mol. The fourth-order valence-electron chi connectivity index (χ4n) is 3.26. The van der Waals surface area contributed by atoms with E-state index in [2.05, 4.69) is 15.6 Å². The standard InChI is InChI=1S/C20H21Cl2N3O3/c1-11-7-14(8-12(2)28-11)20(27)25-18-9-13(5-6-23-18)19(26)24-15-3-4-16(21)17(22)10-15/h3-6,9-12,14H,7-8H2,1-2H3,(H,24,26)(H,23,25,27)/t11-,12+,14?. The molecule has 3 atom stereocenters. The molecule has 1 aromatic heterocycles. The Morgan fingerprint density at radius 2 is 1.75 bits per heavy atom. The predicted octanol–water partition coefficient (Wildman–Crippen LogP) is 4.78. The number of pyridine rings is 1. The summed E-state index contributed by atoms with van der Waals surface area (Å²) < 4.78 is 5.67. The van der Waals surface area contributed by atoms with E-state index in [-0.39, 0.29) is 29.9 Å². The molecule has 2 heterocycles. The zero-order chi connectivity index (χ0) is 20.3. The van der Waals surface area contributed by atoms with E-state index in [0.29, 0.717) is 40.0 Å². The summed E-state index contributed by atoms with van der Waals surface area (Å²) in [6.07, 6.45) is 2.88. The first-order valence-electron chi connectivity index (χ1n) is 9.00. The molecule has 0 bridgehead atoms. The maximum absolute atomic E-state index is 12.6. The smallest absolute Gasteiger partial charge is 0.255 e. The maximum Gasteiger partial charge on any atom is 0.255 e. The van der Waals surface area contributed by atoms with Crippen molar-refractivity contribution in [2.75, 3.05) is 10.6 Å². The number of hydrogen-bond acceptors (Lipinski definition) is 4. The molecule has 6 nitrogen and oxygen atoms in total. The highest BCUT2D eigenvalue weighted by Gasteiger charge is 2.29. The zero-order valence-electron chi connectivity index (χ0n) is 15.5. The number of nitrogens with zero attached hydrogens (tertiary/aromatic N) is 1. The van der Waals surface area contributed by atoms with Crippen LogP contribution in [0.5, 0.6) is 0 Å². The largest absolute Gasteiger partial charge is 0.376 e. The minimum absolute atomic E-state index is 0.0378. The van der Waals surface area contributed by atoms with Gasteiger partial charge in [0.05, 0.1) is 22.3 Å². The third-order valence-electron chi connectivity index (χ3n) is 4.52. The molecule has 0 radical (unpaired) electrons. The number of hydrogen-bond donors (Lipinski definition) is 2. The van der Waals surface area contributed by atoms with Crippen molar-refractivity contribution in [3.8, 4) is 0 Å². The Kier molecular flexibility index (Phi) is 6.54. The van der Waals surface area contributed by atoms with Gasteiger partial charge in [-0.05, 0) is 57.0 Å². The summed E-state index contributed by atoms with van der Waals surface area (Å²) in [4.78, 5) is 29.2. The number of rotatable bonds is 4. The number of aromatic nitrogens is 1. The van der Waals surface area contributed by atoms with Crippen molar-refractivity contribution in [2.45, 2.75) is 38.9 Å². The number of halogens is 2. The Morgan fingerprint density at radius 3 is 2.43 bits per heavy atom. The average Bonchev–Trinajstić information content (AvgIpc) is 2.64. The average molecular weight is 422 g/mol. The molecule has 2 aromatic rings. The quantitative estimate of drug-likeness (QED) is 0.743. The Labute approximate surface area is 173 Å². The van der Waals surface area contributed by atoms with Crippen molar-refractivity contribution >= 4 is 46.5 Å². The Hall–Kier alpha value is -2.15. The van der Waals surface area contributed by atoms with Gasteiger partial charge in [0.1, 0.15) is 5.82 Å². The monoisotopic (exact) mass is 421 g/mol. The van der Waals surface area contributed by atoms with Gasteiger partial charge in [0, 0.05) is 23.4 Å². The minimum atomic E-state index is -0.343. The van der Waals surface area contributed by atoms with Crippen molar-refractivity contribution in [3.05, 3.63) is 52.1 Å². The lowest BCUT2D eigenvalue weighted by Crippen LogP contribution is -2.36. The highest BCUT2D eigenvalue weighted by molar-refractivity contribution is 6.42. The summed E-state index contributed by atoms with van der Waals surface area (Å²) in [7, 11) is 0. The van der Waals surface area contributed by atoms with Crippen LogP contribution in [0.15, 0.2) is 36.5 Å². The van der Waals surface area contributed by atoms with Crippen molar-refractivity contribution in [2.24, 2.45) is 5.92 Å². The van der Waals surface area contributed by atoms with Crippen LogP contribution < -0.4 is 10.6 Å². The molecule has 1 saturated heterocycles. The molecule has 8 heteroatoms. The molecule has 1 aliphatic heterocycles. The van der Waals surface area contributed by atoms with Crippen LogP contribution in [-0.4, -0.2) is 29.0 Å². The van der Waals surface area contributed by atoms with Crippen molar-refractivity contribution < 1.29 is 14.3 Å². The molecule has 1 aromatic carbocycles. The van der Waals surface area contributed by atoms with E-state index in [9.17, 15) is 9.59 Å². The van der Waals surface area contributed by atoms with Gasteiger partial charge in [0.2, 0.25) is 5.91 Å². The van der Waals surface area contributed by atoms with Gasteiger partial charge in [-0.2, -0.15) is 0 Å². The predicted molar refractivity (Wildman–Crippen MR) is 110 cm³/mol. The van der Waals surface area contributed by atoms with E-state index in [1.807, 2.05) is 13.8 Å². The fraction of sp³-hybridized carbons (Fsp3) is 0.350. The fourth-order valence-corrected chi connectivity index (χ4v) is 3.56. The molecule has 0 spiro atoms. The number of nitrogens with one attached hydrogen (secondary N) is 2. The van der Waals surface area contributed by atoms with Gasteiger partial charge in [0.15, 0.2) is 0 Å². The highest BCUT2D eigenvalue weighted by Crippen LogP contribution is 2.27. The third-order valence-corrected chi connectivity index (χ3v) is 5.26. The maximum atomic E-state index is 12.6. The molecule has 28 heavy (non-hydrogen) atoms. The van der Waals surface area contributed by atoms with E-state index < -0.39 is 0 Å². The SMILES string of the molecule is C[C@@H]1CC(C(=O)Nc2cc(C(=O)Nc3ccc(Cl)c(Cl)c3)ccn2)C[C@H](C)O1. The molecular formula is C20H21Cl2N3O3. The van der Waals surface area contributed by atoms with E-state index in [0.717, 1.165) is 0 Å². The Balaban J connectivity index is 1.66. The van der Waals surface area contributed by atoms with Crippen LogP contribution in [0.4, 0.5) is 11.5 Å². The van der Waals surface area contributed by atoms with E-state index in [1.165, 1.54) is 12.3 Å². The van der Waals surface area contributed by atoms with Crippen LogP contribution in [0.2, 0.25) is 10.0 Å². The van der Waals surface area contributed by atoms with Gasteiger partial charge in [-0.3, -0.25) is 9.59 Å². The second-order valence-corrected chi connectivity index (χ2v) is 7.74.